The van der Waals surface area contributed by atoms with Crippen LogP contribution in [0.25, 0.3) is 0 Å². The summed E-state index contributed by atoms with van der Waals surface area (Å²) in [5.41, 5.74) is 1.82. The molecule has 1 N–H and O–H groups in total. The standard InChI is InChI=1S/C26H30N6O6/c1-31(25(34)21-6-4-8-37-21)15-18-11-17-5-3-7-32(24(17)29-20(18)16-33)26(35)30-23-12-22(38-10-9-36-2)19(13-27)14-28-23/h11-12,14,16,21H,3-10,15H2,1-2H3,(H,28,30,35)/t21-/m1/s1. The quantitative estimate of drug-likeness (QED) is 0.387. The van der Waals surface area contributed by atoms with Crippen molar-refractivity contribution < 1.29 is 28.6 Å². The van der Waals surface area contributed by atoms with E-state index in [1.54, 1.807) is 19.1 Å². The van der Waals surface area contributed by atoms with Crippen LogP contribution in [-0.2, 0) is 27.2 Å². The second-order valence-corrected chi connectivity index (χ2v) is 9.03. The molecule has 2 aliphatic heterocycles. The van der Waals surface area contributed by atoms with Crippen LogP contribution in [0.3, 0.4) is 0 Å². The number of aromatic nitrogens is 2. The number of likely N-dealkylation sites (N-methyl/N-ethyl adjacent to an activating group) is 1. The van der Waals surface area contributed by atoms with E-state index in [0.717, 1.165) is 12.0 Å². The van der Waals surface area contributed by atoms with Gasteiger partial charge < -0.3 is 19.1 Å². The molecule has 2 aromatic rings. The van der Waals surface area contributed by atoms with Crippen molar-refractivity contribution in [3.63, 3.8) is 0 Å². The first-order valence-electron chi connectivity index (χ1n) is 12.4. The van der Waals surface area contributed by atoms with E-state index < -0.39 is 12.1 Å². The lowest BCUT2D eigenvalue weighted by Gasteiger charge is -2.29. The predicted octanol–water partition coefficient (Wildman–Crippen LogP) is 2.31. The van der Waals surface area contributed by atoms with Crippen molar-refractivity contribution >= 4 is 29.9 Å². The molecular weight excluding hydrogens is 492 g/mol. The van der Waals surface area contributed by atoms with Crippen molar-refractivity contribution in [1.29, 1.82) is 5.26 Å². The molecule has 3 amide bonds. The van der Waals surface area contributed by atoms with Crippen LogP contribution in [0.2, 0.25) is 0 Å². The molecule has 1 fully saturated rings. The SMILES string of the molecule is COCCOc1cc(NC(=O)N2CCCc3cc(CN(C)C(=O)[C@H]4CCCO4)c(C=O)nc32)ncc1C#N. The number of pyridine rings is 2. The van der Waals surface area contributed by atoms with Crippen LogP contribution in [0.5, 0.6) is 5.75 Å². The van der Waals surface area contributed by atoms with Gasteiger partial charge in [-0.1, -0.05) is 0 Å². The highest BCUT2D eigenvalue weighted by molar-refractivity contribution is 6.01. The number of hydrogen-bond donors (Lipinski definition) is 1. The lowest BCUT2D eigenvalue weighted by atomic mass is 10.0. The van der Waals surface area contributed by atoms with Crippen molar-refractivity contribution in [2.45, 2.75) is 38.3 Å². The summed E-state index contributed by atoms with van der Waals surface area (Å²) in [7, 11) is 3.22. The summed E-state index contributed by atoms with van der Waals surface area (Å²) in [6, 6.07) is 4.85. The largest absolute Gasteiger partial charge is 0.490 e. The molecule has 0 aromatic carbocycles. The molecule has 1 atom stereocenters. The average Bonchev–Trinajstić information content (AvgIpc) is 3.47. The van der Waals surface area contributed by atoms with Gasteiger partial charge >= 0.3 is 6.03 Å². The Hall–Kier alpha value is -4.08. The van der Waals surface area contributed by atoms with E-state index in [1.165, 1.54) is 17.2 Å². The third-order valence-electron chi connectivity index (χ3n) is 6.39. The zero-order valence-electron chi connectivity index (χ0n) is 21.4. The van der Waals surface area contributed by atoms with Crippen molar-refractivity contribution in [3.05, 3.63) is 40.7 Å². The molecular formula is C26H30N6O6. The van der Waals surface area contributed by atoms with Crippen LogP contribution < -0.4 is 15.0 Å². The number of rotatable bonds is 9. The number of methoxy groups -OCH3 is 1. The van der Waals surface area contributed by atoms with Crippen molar-refractivity contribution in [3.8, 4) is 11.8 Å². The minimum atomic E-state index is -0.478. The Kier molecular flexibility index (Phi) is 8.83. The summed E-state index contributed by atoms with van der Waals surface area (Å²) in [5.74, 6) is 0.744. The fourth-order valence-electron chi connectivity index (χ4n) is 4.46. The van der Waals surface area contributed by atoms with Crippen LogP contribution in [0, 0.1) is 11.3 Å². The molecule has 12 nitrogen and oxygen atoms in total. The van der Waals surface area contributed by atoms with Gasteiger partial charge in [-0.25, -0.2) is 14.8 Å². The van der Waals surface area contributed by atoms with E-state index in [4.69, 9.17) is 14.2 Å². The van der Waals surface area contributed by atoms with E-state index in [2.05, 4.69) is 15.3 Å². The number of nitriles is 1. The van der Waals surface area contributed by atoms with E-state index in [9.17, 15) is 19.6 Å². The maximum absolute atomic E-state index is 13.2. The van der Waals surface area contributed by atoms with Gasteiger partial charge in [-0.2, -0.15) is 5.26 Å². The summed E-state index contributed by atoms with van der Waals surface area (Å²) in [4.78, 5) is 49.5. The van der Waals surface area contributed by atoms with E-state index in [1.807, 2.05) is 12.1 Å². The topological polar surface area (TPSA) is 147 Å². The molecule has 0 bridgehead atoms. The number of amides is 3. The Morgan fingerprint density at radius 2 is 2.18 bits per heavy atom. The number of carbonyl (C=O) groups is 3. The van der Waals surface area contributed by atoms with Gasteiger partial charge in [-0.05, 0) is 37.3 Å². The number of fused-ring (bicyclic) bond motifs is 1. The van der Waals surface area contributed by atoms with Crippen LogP contribution >= 0.6 is 0 Å². The Balaban J connectivity index is 1.51. The van der Waals surface area contributed by atoms with Gasteiger partial charge in [0.1, 0.15) is 47.4 Å². The first-order valence-corrected chi connectivity index (χ1v) is 12.4. The van der Waals surface area contributed by atoms with Gasteiger partial charge in [0.15, 0.2) is 6.29 Å². The zero-order valence-corrected chi connectivity index (χ0v) is 21.4. The number of anilines is 2. The first kappa shape index (κ1) is 27.0. The fourth-order valence-corrected chi connectivity index (χ4v) is 4.46. The van der Waals surface area contributed by atoms with Gasteiger partial charge in [0.2, 0.25) is 0 Å². The fraction of sp³-hybridized carbons (Fsp3) is 0.462. The van der Waals surface area contributed by atoms with Gasteiger partial charge in [0.25, 0.3) is 5.91 Å². The molecule has 4 rings (SSSR count). The minimum absolute atomic E-state index is 0.126. The molecule has 0 spiro atoms. The van der Waals surface area contributed by atoms with E-state index >= 15 is 0 Å². The molecule has 0 radical (unpaired) electrons. The Morgan fingerprint density at radius 1 is 1.34 bits per heavy atom. The highest BCUT2D eigenvalue weighted by Crippen LogP contribution is 2.29. The molecule has 2 aliphatic rings. The first-order chi connectivity index (χ1) is 18.4. The number of hydrogen-bond acceptors (Lipinski definition) is 9. The Labute approximate surface area is 220 Å². The smallest absolute Gasteiger partial charge is 0.328 e. The van der Waals surface area contributed by atoms with Crippen molar-refractivity contribution in [1.82, 2.24) is 14.9 Å². The lowest BCUT2D eigenvalue weighted by Crippen LogP contribution is -2.40. The number of nitrogens with one attached hydrogen (secondary N) is 1. The van der Waals surface area contributed by atoms with Crippen molar-refractivity contribution in [2.75, 3.05) is 50.7 Å². The summed E-state index contributed by atoms with van der Waals surface area (Å²) in [6.07, 6.45) is 4.41. The maximum atomic E-state index is 13.2. The monoisotopic (exact) mass is 522 g/mol. The Bertz CT molecular complexity index is 1240. The van der Waals surface area contributed by atoms with E-state index in [-0.39, 0.29) is 41.9 Å². The molecule has 2 aromatic heterocycles. The van der Waals surface area contributed by atoms with Crippen LogP contribution in [-0.4, -0.2) is 79.7 Å². The van der Waals surface area contributed by atoms with Gasteiger partial charge in [0.05, 0.1) is 12.8 Å². The number of ether oxygens (including phenoxy) is 3. The van der Waals surface area contributed by atoms with E-state index in [0.29, 0.717) is 56.7 Å². The van der Waals surface area contributed by atoms with Gasteiger partial charge in [-0.15, -0.1) is 0 Å². The average molecular weight is 523 g/mol. The molecule has 0 aliphatic carbocycles. The molecule has 12 heteroatoms. The van der Waals surface area contributed by atoms with Gasteiger partial charge in [0, 0.05) is 45.5 Å². The third kappa shape index (κ3) is 6.07. The molecule has 0 saturated carbocycles. The normalized spacial score (nSPS) is 16.3. The summed E-state index contributed by atoms with van der Waals surface area (Å²) in [6.45, 7) is 1.75. The second kappa shape index (κ2) is 12.4. The van der Waals surface area contributed by atoms with Crippen LogP contribution in [0.15, 0.2) is 18.3 Å². The second-order valence-electron chi connectivity index (χ2n) is 9.03. The number of nitrogens with zero attached hydrogens (tertiary/aromatic N) is 5. The highest BCUT2D eigenvalue weighted by atomic mass is 16.5. The van der Waals surface area contributed by atoms with Crippen LogP contribution in [0.4, 0.5) is 16.4 Å². The number of aldehydes is 1. The third-order valence-corrected chi connectivity index (χ3v) is 6.39. The number of aryl methyl sites for hydroxylation is 1. The van der Waals surface area contributed by atoms with Gasteiger partial charge in [-0.3, -0.25) is 19.8 Å². The zero-order chi connectivity index (χ0) is 27.1. The Morgan fingerprint density at radius 3 is 2.89 bits per heavy atom. The number of urea groups is 1. The molecule has 4 heterocycles. The maximum Gasteiger partial charge on any atom is 0.328 e. The molecule has 38 heavy (non-hydrogen) atoms. The summed E-state index contributed by atoms with van der Waals surface area (Å²) < 4.78 is 16.0. The molecule has 0 unspecified atom stereocenters. The molecule has 200 valence electrons. The van der Waals surface area contributed by atoms with Crippen molar-refractivity contribution in [2.24, 2.45) is 0 Å². The predicted molar refractivity (Wildman–Crippen MR) is 136 cm³/mol. The summed E-state index contributed by atoms with van der Waals surface area (Å²) >= 11 is 0. The lowest BCUT2D eigenvalue weighted by molar-refractivity contribution is -0.140. The summed E-state index contributed by atoms with van der Waals surface area (Å²) in [5, 5.41) is 12.0. The number of carbonyl (C=O) groups excluding carboxylic acids is 3. The molecule has 1 saturated heterocycles. The minimum Gasteiger partial charge on any atom is -0.490 e. The van der Waals surface area contributed by atoms with Crippen LogP contribution in [0.1, 0.15) is 46.4 Å². The highest BCUT2D eigenvalue weighted by Gasteiger charge is 2.29.